The van der Waals surface area contributed by atoms with Crippen molar-refractivity contribution in [1.29, 1.82) is 0 Å². The van der Waals surface area contributed by atoms with Crippen LogP contribution in [0.5, 0.6) is 5.75 Å². The zero-order chi connectivity index (χ0) is 16.4. The number of para-hydroxylation sites is 1. The number of amides is 1. The molecule has 2 aromatic carbocycles. The molecule has 3 aromatic rings. The van der Waals surface area contributed by atoms with E-state index in [0.29, 0.717) is 22.5 Å². The smallest absolute Gasteiger partial charge is 0.336 e. The van der Waals surface area contributed by atoms with Gasteiger partial charge in [0.15, 0.2) is 0 Å². The molecule has 0 aliphatic heterocycles. The van der Waals surface area contributed by atoms with Crippen LogP contribution in [0.15, 0.2) is 57.7 Å². The van der Waals surface area contributed by atoms with Gasteiger partial charge >= 0.3 is 5.63 Å². The van der Waals surface area contributed by atoms with Crippen molar-refractivity contribution in [3.05, 3.63) is 75.6 Å². The molecule has 5 nitrogen and oxygen atoms in total. The molecule has 1 aromatic heterocycles. The van der Waals surface area contributed by atoms with Crippen molar-refractivity contribution in [1.82, 2.24) is 0 Å². The maximum Gasteiger partial charge on any atom is 0.336 e. The summed E-state index contributed by atoms with van der Waals surface area (Å²) in [4.78, 5) is 23.1. The van der Waals surface area contributed by atoms with E-state index in [9.17, 15) is 9.59 Å². The first-order chi connectivity index (χ1) is 11.0. The average molecular weight is 309 g/mol. The van der Waals surface area contributed by atoms with Gasteiger partial charge in [-0.25, -0.2) is 4.79 Å². The van der Waals surface area contributed by atoms with Crippen molar-refractivity contribution in [2.24, 2.45) is 5.73 Å². The van der Waals surface area contributed by atoms with E-state index in [-0.39, 0.29) is 6.61 Å². The average Bonchev–Trinajstić information content (AvgIpc) is 2.52. The largest absolute Gasteiger partial charge is 0.488 e. The van der Waals surface area contributed by atoms with Gasteiger partial charge in [0.1, 0.15) is 17.9 Å². The van der Waals surface area contributed by atoms with Crippen LogP contribution in [-0.2, 0) is 6.61 Å². The Bertz CT molecular complexity index is 943. The van der Waals surface area contributed by atoms with E-state index in [1.807, 2.05) is 19.1 Å². The Balaban J connectivity index is 1.97. The van der Waals surface area contributed by atoms with Crippen molar-refractivity contribution in [3.8, 4) is 5.75 Å². The standard InChI is InChI=1S/C18H15NO4/c1-11-6-7-13-12(9-17(20)23-16(13)8-11)10-22-15-5-3-2-4-14(15)18(19)21/h2-9H,10H2,1H3,(H2,19,21). The fraction of sp³-hybridized carbons (Fsp3) is 0.111. The Hall–Kier alpha value is -3.08. The molecule has 5 heteroatoms. The SMILES string of the molecule is Cc1ccc2c(COc3ccccc3C(N)=O)cc(=O)oc2c1. The lowest BCUT2D eigenvalue weighted by molar-refractivity contribution is 0.0996. The van der Waals surface area contributed by atoms with E-state index < -0.39 is 11.5 Å². The summed E-state index contributed by atoms with van der Waals surface area (Å²) in [7, 11) is 0. The Morgan fingerprint density at radius 3 is 2.74 bits per heavy atom. The normalized spacial score (nSPS) is 10.7. The van der Waals surface area contributed by atoms with Gasteiger partial charge in [-0.15, -0.1) is 0 Å². The summed E-state index contributed by atoms with van der Waals surface area (Å²) in [5.74, 6) is -0.179. The molecule has 1 heterocycles. The minimum absolute atomic E-state index is 0.134. The lowest BCUT2D eigenvalue weighted by Crippen LogP contribution is -2.13. The summed E-state index contributed by atoms with van der Waals surface area (Å²) in [6.07, 6.45) is 0. The van der Waals surface area contributed by atoms with Gasteiger partial charge in [0.05, 0.1) is 5.56 Å². The van der Waals surface area contributed by atoms with Crippen LogP contribution in [0.1, 0.15) is 21.5 Å². The highest BCUT2D eigenvalue weighted by molar-refractivity contribution is 5.95. The fourth-order valence-corrected chi connectivity index (χ4v) is 2.41. The summed E-state index contributed by atoms with van der Waals surface area (Å²) in [5, 5.41) is 0.798. The van der Waals surface area contributed by atoms with Crippen LogP contribution in [-0.4, -0.2) is 5.91 Å². The number of hydrogen-bond donors (Lipinski definition) is 1. The summed E-state index contributed by atoms with van der Waals surface area (Å²) in [5.41, 5.74) is 7.39. The van der Waals surface area contributed by atoms with Gasteiger partial charge in [-0.3, -0.25) is 4.79 Å². The van der Waals surface area contributed by atoms with Crippen LogP contribution in [0, 0.1) is 6.92 Å². The van der Waals surface area contributed by atoms with Crippen LogP contribution < -0.4 is 16.1 Å². The van der Waals surface area contributed by atoms with Crippen LogP contribution in [0.3, 0.4) is 0 Å². The molecule has 116 valence electrons. The Morgan fingerprint density at radius 1 is 1.17 bits per heavy atom. The summed E-state index contributed by atoms with van der Waals surface area (Å²) in [6.45, 7) is 2.06. The summed E-state index contributed by atoms with van der Waals surface area (Å²) >= 11 is 0. The maximum atomic E-state index is 11.7. The third-order valence-electron chi connectivity index (χ3n) is 3.52. The lowest BCUT2D eigenvalue weighted by atomic mass is 10.1. The van der Waals surface area contributed by atoms with Crippen LogP contribution in [0.25, 0.3) is 11.0 Å². The molecule has 0 bridgehead atoms. The van der Waals surface area contributed by atoms with Crippen molar-refractivity contribution in [2.75, 3.05) is 0 Å². The Labute approximate surface area is 132 Å². The molecule has 0 unspecified atom stereocenters. The second kappa shape index (κ2) is 5.96. The number of rotatable bonds is 4. The highest BCUT2D eigenvalue weighted by Crippen LogP contribution is 2.22. The van der Waals surface area contributed by atoms with Gasteiger partial charge < -0.3 is 14.9 Å². The van der Waals surface area contributed by atoms with Crippen LogP contribution in [0.4, 0.5) is 0 Å². The minimum Gasteiger partial charge on any atom is -0.488 e. The first kappa shape index (κ1) is 14.8. The molecule has 23 heavy (non-hydrogen) atoms. The molecule has 1 amide bonds. The topological polar surface area (TPSA) is 82.5 Å². The zero-order valence-corrected chi connectivity index (χ0v) is 12.5. The number of primary amides is 1. The predicted octanol–water partition coefficient (Wildman–Crippen LogP) is 2.78. The zero-order valence-electron chi connectivity index (χ0n) is 12.5. The van der Waals surface area contributed by atoms with E-state index in [4.69, 9.17) is 14.9 Å². The molecule has 3 rings (SSSR count). The molecule has 0 fully saturated rings. The van der Waals surface area contributed by atoms with Crippen LogP contribution in [0.2, 0.25) is 0 Å². The molecular formula is C18H15NO4. The first-order valence-corrected chi connectivity index (χ1v) is 7.09. The number of aryl methyl sites for hydroxylation is 1. The second-order valence-corrected chi connectivity index (χ2v) is 5.24. The van der Waals surface area contributed by atoms with Gasteiger partial charge in [0.25, 0.3) is 5.91 Å². The van der Waals surface area contributed by atoms with Gasteiger partial charge in [-0.05, 0) is 30.7 Å². The quantitative estimate of drug-likeness (QED) is 0.751. The number of fused-ring (bicyclic) bond motifs is 1. The van der Waals surface area contributed by atoms with Crippen molar-refractivity contribution < 1.29 is 13.9 Å². The van der Waals surface area contributed by atoms with E-state index in [2.05, 4.69) is 0 Å². The first-order valence-electron chi connectivity index (χ1n) is 7.09. The molecule has 0 spiro atoms. The third-order valence-corrected chi connectivity index (χ3v) is 3.52. The van der Waals surface area contributed by atoms with Gasteiger partial charge in [-0.1, -0.05) is 24.3 Å². The van der Waals surface area contributed by atoms with Crippen molar-refractivity contribution in [2.45, 2.75) is 13.5 Å². The van der Waals surface area contributed by atoms with Crippen molar-refractivity contribution >= 4 is 16.9 Å². The Morgan fingerprint density at radius 2 is 1.96 bits per heavy atom. The third kappa shape index (κ3) is 3.08. The molecule has 0 radical (unpaired) electrons. The molecule has 0 saturated carbocycles. The molecular weight excluding hydrogens is 294 g/mol. The van der Waals surface area contributed by atoms with E-state index >= 15 is 0 Å². The number of hydrogen-bond acceptors (Lipinski definition) is 4. The second-order valence-electron chi connectivity index (χ2n) is 5.24. The fourth-order valence-electron chi connectivity index (χ4n) is 2.41. The number of carbonyl (C=O) groups is 1. The minimum atomic E-state index is -0.561. The van der Waals surface area contributed by atoms with E-state index in [1.165, 1.54) is 6.07 Å². The number of carbonyl (C=O) groups excluding carboxylic acids is 1. The van der Waals surface area contributed by atoms with E-state index in [0.717, 1.165) is 10.9 Å². The predicted molar refractivity (Wildman–Crippen MR) is 86.5 cm³/mol. The Kier molecular flexibility index (Phi) is 3.85. The molecule has 0 atom stereocenters. The van der Waals surface area contributed by atoms with Crippen LogP contribution >= 0.6 is 0 Å². The highest BCUT2D eigenvalue weighted by Gasteiger charge is 2.11. The molecule has 0 aliphatic rings. The molecule has 0 aliphatic carbocycles. The molecule has 0 saturated heterocycles. The van der Waals surface area contributed by atoms with E-state index in [1.54, 1.807) is 30.3 Å². The van der Waals surface area contributed by atoms with Gasteiger partial charge in [0, 0.05) is 17.0 Å². The number of ether oxygens (including phenoxy) is 1. The lowest BCUT2D eigenvalue weighted by Gasteiger charge is -2.11. The summed E-state index contributed by atoms with van der Waals surface area (Å²) in [6, 6.07) is 13.7. The van der Waals surface area contributed by atoms with Gasteiger partial charge in [-0.2, -0.15) is 0 Å². The number of nitrogens with two attached hydrogens (primary N) is 1. The highest BCUT2D eigenvalue weighted by atomic mass is 16.5. The maximum absolute atomic E-state index is 11.7. The monoisotopic (exact) mass is 309 g/mol. The number of benzene rings is 2. The van der Waals surface area contributed by atoms with Crippen molar-refractivity contribution in [3.63, 3.8) is 0 Å². The summed E-state index contributed by atoms with van der Waals surface area (Å²) < 4.78 is 10.9. The molecule has 2 N–H and O–H groups in total. The van der Waals surface area contributed by atoms with Gasteiger partial charge in [0.2, 0.25) is 0 Å².